The third-order valence-corrected chi connectivity index (χ3v) is 4.04. The van der Waals surface area contributed by atoms with Gasteiger partial charge in [0.25, 0.3) is 0 Å². The van der Waals surface area contributed by atoms with E-state index in [1.54, 1.807) is 24.4 Å². The van der Waals surface area contributed by atoms with E-state index >= 15 is 0 Å². The number of nitrogens with one attached hydrogen (secondary N) is 1. The molecule has 0 amide bonds. The Morgan fingerprint density at radius 1 is 1.42 bits per heavy atom. The molecular formula is C18H22FN3O3S. The van der Waals surface area contributed by atoms with Crippen LogP contribution in [0.25, 0.3) is 0 Å². The molecule has 0 spiro atoms. The van der Waals surface area contributed by atoms with Gasteiger partial charge in [-0.1, -0.05) is 19.1 Å². The Labute approximate surface area is 156 Å². The number of carbonyl (C=O) groups excluding carboxylic acids is 1. The van der Waals surface area contributed by atoms with Crippen LogP contribution in [0.4, 0.5) is 9.52 Å². The van der Waals surface area contributed by atoms with E-state index in [2.05, 4.69) is 15.5 Å². The summed E-state index contributed by atoms with van der Waals surface area (Å²) in [5, 5.41) is 6.36. The van der Waals surface area contributed by atoms with Gasteiger partial charge in [-0.2, -0.15) is 5.10 Å². The van der Waals surface area contributed by atoms with Crippen LogP contribution in [0.15, 0.2) is 28.7 Å². The SMILES string of the molecule is CCCOCc1ccc(C=NNc2nc(CC(=O)OCC)cs2)cc1F. The Morgan fingerprint density at radius 3 is 3.00 bits per heavy atom. The maximum absolute atomic E-state index is 14.0. The first-order chi connectivity index (χ1) is 12.6. The quantitative estimate of drug-likeness (QED) is 0.294. The Bertz CT molecular complexity index is 749. The van der Waals surface area contributed by atoms with E-state index in [0.717, 1.165) is 6.42 Å². The third kappa shape index (κ3) is 6.53. The lowest BCUT2D eigenvalue weighted by atomic mass is 10.1. The van der Waals surface area contributed by atoms with Crippen molar-refractivity contribution < 1.29 is 18.7 Å². The van der Waals surface area contributed by atoms with Crippen LogP contribution in [-0.2, 0) is 27.3 Å². The average molecular weight is 379 g/mol. The Balaban J connectivity index is 1.87. The number of hydrogen-bond acceptors (Lipinski definition) is 7. The number of nitrogens with zero attached hydrogens (tertiary/aromatic N) is 2. The Hall–Kier alpha value is -2.32. The van der Waals surface area contributed by atoms with E-state index < -0.39 is 0 Å². The number of aromatic nitrogens is 1. The number of rotatable bonds is 10. The molecule has 1 heterocycles. The van der Waals surface area contributed by atoms with Gasteiger partial charge in [0.15, 0.2) is 0 Å². The summed E-state index contributed by atoms with van der Waals surface area (Å²) in [5.74, 6) is -0.637. The zero-order chi connectivity index (χ0) is 18.8. The van der Waals surface area contributed by atoms with Crippen molar-refractivity contribution in [3.63, 3.8) is 0 Å². The Kier molecular flexibility index (Phi) is 8.17. The summed E-state index contributed by atoms with van der Waals surface area (Å²) in [6.07, 6.45) is 2.53. The van der Waals surface area contributed by atoms with E-state index in [-0.39, 0.29) is 24.8 Å². The topological polar surface area (TPSA) is 72.8 Å². The molecular weight excluding hydrogens is 357 g/mol. The van der Waals surface area contributed by atoms with Gasteiger partial charge in [-0.3, -0.25) is 10.2 Å². The van der Waals surface area contributed by atoms with E-state index in [1.807, 2.05) is 6.92 Å². The van der Waals surface area contributed by atoms with Gasteiger partial charge in [0.1, 0.15) is 5.82 Å². The number of hydrogen-bond donors (Lipinski definition) is 1. The highest BCUT2D eigenvalue weighted by atomic mass is 32.1. The molecule has 26 heavy (non-hydrogen) atoms. The highest BCUT2D eigenvalue weighted by Gasteiger charge is 2.08. The second kappa shape index (κ2) is 10.6. The van der Waals surface area contributed by atoms with E-state index in [4.69, 9.17) is 9.47 Å². The summed E-state index contributed by atoms with van der Waals surface area (Å²) >= 11 is 1.33. The van der Waals surface area contributed by atoms with Gasteiger partial charge in [0, 0.05) is 17.6 Å². The summed E-state index contributed by atoms with van der Waals surface area (Å²) in [4.78, 5) is 15.7. The molecule has 1 N–H and O–H groups in total. The average Bonchev–Trinajstić information content (AvgIpc) is 3.04. The first kappa shape index (κ1) is 20.0. The minimum absolute atomic E-state index is 0.127. The van der Waals surface area contributed by atoms with Crippen LogP contribution in [0, 0.1) is 5.82 Å². The monoisotopic (exact) mass is 379 g/mol. The van der Waals surface area contributed by atoms with Gasteiger partial charge in [0.2, 0.25) is 5.13 Å². The maximum Gasteiger partial charge on any atom is 0.311 e. The zero-order valence-corrected chi connectivity index (χ0v) is 15.6. The molecule has 0 saturated heterocycles. The van der Waals surface area contributed by atoms with E-state index in [0.29, 0.717) is 35.2 Å². The molecule has 1 aromatic heterocycles. The largest absolute Gasteiger partial charge is 0.466 e. The molecule has 0 atom stereocenters. The highest BCUT2D eigenvalue weighted by molar-refractivity contribution is 7.13. The van der Waals surface area contributed by atoms with Crippen LogP contribution in [0.5, 0.6) is 0 Å². The van der Waals surface area contributed by atoms with Crippen LogP contribution in [0.2, 0.25) is 0 Å². The molecule has 6 nitrogen and oxygen atoms in total. The molecule has 8 heteroatoms. The number of carbonyl (C=O) groups is 1. The standard InChI is InChI=1S/C18H22FN3O3S/c1-3-7-24-11-14-6-5-13(8-16(14)19)10-20-22-18-21-15(12-26-18)9-17(23)25-4-2/h5-6,8,10,12H,3-4,7,9,11H2,1-2H3,(H,21,22). The molecule has 0 aliphatic rings. The first-order valence-electron chi connectivity index (χ1n) is 8.37. The summed E-state index contributed by atoms with van der Waals surface area (Å²) in [6, 6.07) is 4.87. The fourth-order valence-electron chi connectivity index (χ4n) is 2.05. The van der Waals surface area contributed by atoms with Crippen LogP contribution in [-0.4, -0.2) is 30.4 Å². The van der Waals surface area contributed by atoms with Crippen molar-refractivity contribution in [2.24, 2.45) is 5.10 Å². The molecule has 0 unspecified atom stereocenters. The van der Waals surface area contributed by atoms with Crippen molar-refractivity contribution in [2.45, 2.75) is 33.3 Å². The molecule has 1 aromatic carbocycles. The predicted molar refractivity (Wildman–Crippen MR) is 100 cm³/mol. The molecule has 0 bridgehead atoms. The lowest BCUT2D eigenvalue weighted by molar-refractivity contribution is -0.142. The zero-order valence-electron chi connectivity index (χ0n) is 14.8. The molecule has 2 aromatic rings. The summed E-state index contributed by atoms with van der Waals surface area (Å²) in [7, 11) is 0. The first-order valence-corrected chi connectivity index (χ1v) is 9.25. The molecule has 0 fully saturated rings. The Morgan fingerprint density at radius 2 is 2.27 bits per heavy atom. The highest BCUT2D eigenvalue weighted by Crippen LogP contribution is 2.16. The number of benzene rings is 1. The maximum atomic E-state index is 14.0. The van der Waals surface area contributed by atoms with Crippen molar-refractivity contribution in [1.82, 2.24) is 4.98 Å². The minimum atomic E-state index is -0.323. The summed E-state index contributed by atoms with van der Waals surface area (Å²) in [6.45, 7) is 4.98. The number of anilines is 1. The minimum Gasteiger partial charge on any atom is -0.466 e. The van der Waals surface area contributed by atoms with Crippen molar-refractivity contribution in [1.29, 1.82) is 0 Å². The van der Waals surface area contributed by atoms with Crippen molar-refractivity contribution in [3.8, 4) is 0 Å². The van der Waals surface area contributed by atoms with E-state index in [1.165, 1.54) is 23.6 Å². The lowest BCUT2D eigenvalue weighted by Gasteiger charge is -2.05. The predicted octanol–water partition coefficient (Wildman–Crippen LogP) is 3.76. The fraction of sp³-hybridized carbons (Fsp3) is 0.389. The van der Waals surface area contributed by atoms with Crippen LogP contribution < -0.4 is 5.43 Å². The summed E-state index contributed by atoms with van der Waals surface area (Å²) in [5.41, 5.74) is 4.53. The van der Waals surface area contributed by atoms with Crippen LogP contribution in [0.1, 0.15) is 37.1 Å². The van der Waals surface area contributed by atoms with Crippen LogP contribution >= 0.6 is 11.3 Å². The van der Waals surface area contributed by atoms with Gasteiger partial charge in [-0.15, -0.1) is 11.3 Å². The molecule has 0 aliphatic heterocycles. The van der Waals surface area contributed by atoms with Gasteiger partial charge in [-0.05, 0) is 25.0 Å². The molecule has 2 rings (SSSR count). The van der Waals surface area contributed by atoms with Crippen molar-refractivity contribution in [2.75, 3.05) is 18.6 Å². The number of thiazole rings is 1. The van der Waals surface area contributed by atoms with Gasteiger partial charge in [0.05, 0.1) is 31.5 Å². The van der Waals surface area contributed by atoms with Gasteiger partial charge < -0.3 is 9.47 Å². The second-order valence-corrected chi connectivity index (χ2v) is 6.26. The molecule has 140 valence electrons. The normalized spacial score (nSPS) is 11.0. The second-order valence-electron chi connectivity index (χ2n) is 5.40. The third-order valence-electron chi connectivity index (χ3n) is 3.24. The van der Waals surface area contributed by atoms with Crippen LogP contribution in [0.3, 0.4) is 0 Å². The summed E-state index contributed by atoms with van der Waals surface area (Å²) < 4.78 is 24.2. The van der Waals surface area contributed by atoms with Crippen molar-refractivity contribution in [3.05, 3.63) is 46.2 Å². The van der Waals surface area contributed by atoms with Gasteiger partial charge >= 0.3 is 5.97 Å². The molecule has 0 radical (unpaired) electrons. The lowest BCUT2D eigenvalue weighted by Crippen LogP contribution is -2.07. The number of hydrazone groups is 1. The number of ether oxygens (including phenoxy) is 2. The molecule has 0 saturated carbocycles. The smallest absolute Gasteiger partial charge is 0.311 e. The van der Waals surface area contributed by atoms with Crippen molar-refractivity contribution >= 4 is 28.7 Å². The number of halogens is 1. The fourth-order valence-corrected chi connectivity index (χ4v) is 2.71. The van der Waals surface area contributed by atoms with E-state index in [9.17, 15) is 9.18 Å². The molecule has 0 aliphatic carbocycles. The number of esters is 1. The van der Waals surface area contributed by atoms with Gasteiger partial charge in [-0.25, -0.2) is 9.37 Å².